The van der Waals surface area contributed by atoms with Gasteiger partial charge >= 0.3 is 0 Å². The lowest BCUT2D eigenvalue weighted by atomic mass is 10.2. The Morgan fingerprint density at radius 3 is 2.57 bits per heavy atom. The van der Waals surface area contributed by atoms with Crippen LogP contribution < -0.4 is 0 Å². The number of para-hydroxylation sites is 1. The van der Waals surface area contributed by atoms with Gasteiger partial charge in [0.2, 0.25) is 5.13 Å². The van der Waals surface area contributed by atoms with Crippen LogP contribution in [0.3, 0.4) is 0 Å². The summed E-state index contributed by atoms with van der Waals surface area (Å²) in [4.78, 5) is 4.70. The largest absolute Gasteiger partial charge is 0.218 e. The molecule has 0 fully saturated rings. The zero-order chi connectivity index (χ0) is 15.6. The van der Waals surface area contributed by atoms with E-state index in [0.717, 1.165) is 22.0 Å². The van der Waals surface area contributed by atoms with Crippen molar-refractivity contribution in [1.29, 1.82) is 0 Å². The van der Waals surface area contributed by atoms with Gasteiger partial charge < -0.3 is 0 Å². The van der Waals surface area contributed by atoms with Crippen LogP contribution in [0.4, 0.5) is 0 Å². The molecule has 4 aromatic rings. The molecule has 0 saturated heterocycles. The van der Waals surface area contributed by atoms with Crippen molar-refractivity contribution in [3.05, 3.63) is 77.6 Å². The first kappa shape index (κ1) is 13.9. The van der Waals surface area contributed by atoms with Crippen LogP contribution >= 0.6 is 11.3 Å². The van der Waals surface area contributed by atoms with Gasteiger partial charge in [0.25, 0.3) is 0 Å². The van der Waals surface area contributed by atoms with Crippen LogP contribution in [0, 0.1) is 6.92 Å². The third kappa shape index (κ3) is 2.81. The fourth-order valence-electron chi connectivity index (χ4n) is 2.49. The lowest BCUT2D eigenvalue weighted by Gasteiger charge is -1.99. The number of nitrogens with zero attached hydrogens (tertiary/aromatic N) is 3. The molecule has 0 saturated carbocycles. The monoisotopic (exact) mass is 317 g/mol. The Balaban J connectivity index is 1.76. The molecule has 0 aliphatic carbocycles. The summed E-state index contributed by atoms with van der Waals surface area (Å²) in [6.45, 7) is 2.00. The third-order valence-electron chi connectivity index (χ3n) is 3.57. The quantitative estimate of drug-likeness (QED) is 0.534. The Kier molecular flexibility index (Phi) is 3.52. The molecule has 4 heteroatoms. The Labute approximate surface area is 138 Å². The van der Waals surface area contributed by atoms with Crippen LogP contribution in [0.1, 0.15) is 17.0 Å². The molecular weight excluding hydrogens is 302 g/mol. The molecule has 2 aromatic carbocycles. The Morgan fingerprint density at radius 2 is 1.74 bits per heavy atom. The fourth-order valence-corrected chi connectivity index (χ4v) is 3.43. The van der Waals surface area contributed by atoms with Crippen LogP contribution in [-0.4, -0.2) is 14.8 Å². The molecule has 3 nitrogen and oxygen atoms in total. The molecule has 0 amide bonds. The highest BCUT2D eigenvalue weighted by atomic mass is 32.1. The highest BCUT2D eigenvalue weighted by Gasteiger charge is 2.10. The first-order chi connectivity index (χ1) is 11.3. The first-order valence-corrected chi connectivity index (χ1v) is 8.27. The second-order valence-corrected chi connectivity index (χ2v) is 6.34. The number of rotatable bonds is 3. The lowest BCUT2D eigenvalue weighted by molar-refractivity contribution is 0.848. The molecular formula is C19H15N3S. The van der Waals surface area contributed by atoms with Crippen molar-refractivity contribution in [3.8, 4) is 5.13 Å². The molecule has 0 N–H and O–H groups in total. The van der Waals surface area contributed by atoms with Crippen LogP contribution in [0.15, 0.2) is 60.7 Å². The number of thiazole rings is 1. The molecule has 0 bridgehead atoms. The summed E-state index contributed by atoms with van der Waals surface area (Å²) < 4.78 is 3.09. The number of hydrogen-bond acceptors (Lipinski definition) is 3. The van der Waals surface area contributed by atoms with Gasteiger partial charge in [-0.2, -0.15) is 5.10 Å². The predicted molar refractivity (Wildman–Crippen MR) is 96.8 cm³/mol. The van der Waals surface area contributed by atoms with Gasteiger partial charge in [-0.3, -0.25) is 0 Å². The van der Waals surface area contributed by atoms with Crippen molar-refractivity contribution in [2.24, 2.45) is 0 Å². The Morgan fingerprint density at radius 1 is 0.957 bits per heavy atom. The first-order valence-electron chi connectivity index (χ1n) is 7.45. The van der Waals surface area contributed by atoms with Crippen molar-refractivity contribution in [2.75, 3.05) is 0 Å². The van der Waals surface area contributed by atoms with E-state index in [-0.39, 0.29) is 0 Å². The van der Waals surface area contributed by atoms with E-state index < -0.39 is 0 Å². The van der Waals surface area contributed by atoms with Crippen molar-refractivity contribution in [1.82, 2.24) is 14.8 Å². The minimum Gasteiger partial charge on any atom is -0.218 e. The molecule has 0 aliphatic heterocycles. The fraction of sp³-hybridized carbons (Fsp3) is 0.0526. The molecule has 0 spiro atoms. The van der Waals surface area contributed by atoms with Crippen molar-refractivity contribution in [2.45, 2.75) is 6.92 Å². The van der Waals surface area contributed by atoms with E-state index in [1.165, 1.54) is 10.3 Å². The topological polar surface area (TPSA) is 30.7 Å². The smallest absolute Gasteiger partial charge is 0.211 e. The molecule has 4 rings (SSSR count). The maximum atomic E-state index is 4.70. The number of fused-ring (bicyclic) bond motifs is 1. The summed E-state index contributed by atoms with van der Waals surface area (Å²) in [5.74, 6) is 0. The molecule has 2 aromatic heterocycles. The summed E-state index contributed by atoms with van der Waals surface area (Å²) >= 11 is 1.66. The SMILES string of the molecule is Cc1cc(C=Cc2ccccc2)n(-c2nc3ccccc3s2)n1. The van der Waals surface area contributed by atoms with E-state index in [9.17, 15) is 0 Å². The Hall–Kier alpha value is -2.72. The van der Waals surface area contributed by atoms with E-state index in [1.54, 1.807) is 11.3 Å². The van der Waals surface area contributed by atoms with E-state index in [0.29, 0.717) is 0 Å². The van der Waals surface area contributed by atoms with Crippen LogP contribution in [0.2, 0.25) is 0 Å². The maximum absolute atomic E-state index is 4.70. The van der Waals surface area contributed by atoms with Crippen molar-refractivity contribution < 1.29 is 0 Å². The average Bonchev–Trinajstić information content (AvgIpc) is 3.16. The zero-order valence-corrected chi connectivity index (χ0v) is 13.5. The normalized spacial score (nSPS) is 11.5. The number of aromatic nitrogens is 3. The van der Waals surface area contributed by atoms with E-state index in [1.807, 2.05) is 48.0 Å². The summed E-state index contributed by atoms with van der Waals surface area (Å²) in [6.07, 6.45) is 4.18. The van der Waals surface area contributed by atoms with Gasteiger partial charge in [0, 0.05) is 0 Å². The molecule has 23 heavy (non-hydrogen) atoms. The molecule has 0 aliphatic rings. The molecule has 0 radical (unpaired) electrons. The summed E-state index contributed by atoms with van der Waals surface area (Å²) in [5, 5.41) is 5.50. The van der Waals surface area contributed by atoms with Gasteiger partial charge in [-0.25, -0.2) is 9.67 Å². The second-order valence-electron chi connectivity index (χ2n) is 5.33. The number of aryl methyl sites for hydroxylation is 1. The van der Waals surface area contributed by atoms with Gasteiger partial charge in [-0.15, -0.1) is 0 Å². The van der Waals surface area contributed by atoms with E-state index >= 15 is 0 Å². The average molecular weight is 317 g/mol. The zero-order valence-electron chi connectivity index (χ0n) is 12.7. The highest BCUT2D eigenvalue weighted by Crippen LogP contribution is 2.26. The predicted octanol–water partition coefficient (Wildman–Crippen LogP) is 4.96. The summed E-state index contributed by atoms with van der Waals surface area (Å²) in [5.41, 5.74) is 4.20. The van der Waals surface area contributed by atoms with Crippen LogP contribution in [0.25, 0.3) is 27.5 Å². The van der Waals surface area contributed by atoms with E-state index in [2.05, 4.69) is 41.5 Å². The second kappa shape index (κ2) is 5.82. The van der Waals surface area contributed by atoms with Crippen LogP contribution in [0.5, 0.6) is 0 Å². The van der Waals surface area contributed by atoms with Gasteiger partial charge in [0.15, 0.2) is 0 Å². The maximum Gasteiger partial charge on any atom is 0.211 e. The molecule has 0 unspecified atom stereocenters. The standard InChI is InChI=1S/C19H15N3S/c1-14-13-16(12-11-15-7-3-2-4-8-15)22(21-14)19-20-17-9-5-6-10-18(17)23-19/h2-13H,1H3. The van der Waals surface area contributed by atoms with Gasteiger partial charge in [-0.1, -0.05) is 59.9 Å². The lowest BCUT2D eigenvalue weighted by Crippen LogP contribution is -1.98. The molecule has 2 heterocycles. The van der Waals surface area contributed by atoms with E-state index in [4.69, 9.17) is 4.98 Å². The minimum atomic E-state index is 0.895. The van der Waals surface area contributed by atoms with Gasteiger partial charge in [0.1, 0.15) is 0 Å². The Bertz CT molecular complexity index is 947. The minimum absolute atomic E-state index is 0.895. The summed E-state index contributed by atoms with van der Waals surface area (Å²) in [7, 11) is 0. The van der Waals surface area contributed by atoms with Crippen molar-refractivity contribution in [3.63, 3.8) is 0 Å². The number of benzene rings is 2. The molecule has 112 valence electrons. The van der Waals surface area contributed by atoms with Gasteiger partial charge in [0.05, 0.1) is 21.6 Å². The third-order valence-corrected chi connectivity index (χ3v) is 4.58. The van der Waals surface area contributed by atoms with Crippen molar-refractivity contribution >= 4 is 33.7 Å². The van der Waals surface area contributed by atoms with Crippen LogP contribution in [-0.2, 0) is 0 Å². The van der Waals surface area contributed by atoms with Gasteiger partial charge in [-0.05, 0) is 36.8 Å². The summed E-state index contributed by atoms with van der Waals surface area (Å²) in [6, 6.07) is 20.5. The molecule has 0 atom stereocenters. The number of hydrogen-bond donors (Lipinski definition) is 0. The highest BCUT2D eigenvalue weighted by molar-refractivity contribution is 7.20.